The number of carbonyl (C=O) groups excluding carboxylic acids is 1. The first kappa shape index (κ1) is 16.6. The molecule has 0 saturated heterocycles. The van der Waals surface area contributed by atoms with Crippen LogP contribution in [-0.4, -0.2) is 29.0 Å². The third-order valence-corrected chi connectivity index (χ3v) is 3.70. The molecule has 0 unspecified atom stereocenters. The minimum Gasteiger partial charge on any atom is -0.481 e. The fourth-order valence-electron chi connectivity index (χ4n) is 1.70. The van der Waals surface area contributed by atoms with E-state index in [9.17, 15) is 9.59 Å². The van der Waals surface area contributed by atoms with E-state index in [1.54, 1.807) is 11.8 Å². The van der Waals surface area contributed by atoms with E-state index in [2.05, 4.69) is 5.32 Å². The molecule has 0 aliphatic carbocycles. The summed E-state index contributed by atoms with van der Waals surface area (Å²) in [6.07, 6.45) is 3.52. The van der Waals surface area contributed by atoms with E-state index >= 15 is 0 Å². The molecule has 2 N–H and O–H groups in total. The highest BCUT2D eigenvalue weighted by Crippen LogP contribution is 2.14. The largest absolute Gasteiger partial charge is 0.481 e. The minimum absolute atomic E-state index is 0.00543. The molecule has 1 aromatic carbocycles. The van der Waals surface area contributed by atoms with Gasteiger partial charge in [0.25, 0.3) is 0 Å². The molecule has 0 aromatic heterocycles. The second kappa shape index (κ2) is 8.64. The normalized spacial score (nSPS) is 11.9. The van der Waals surface area contributed by atoms with Crippen molar-refractivity contribution in [2.24, 2.45) is 5.92 Å². The molecule has 1 atom stereocenters. The second-order valence-electron chi connectivity index (χ2n) is 4.76. The molecule has 0 aliphatic rings. The van der Waals surface area contributed by atoms with Crippen LogP contribution in [0.5, 0.6) is 0 Å². The first-order valence-electron chi connectivity index (χ1n) is 6.63. The summed E-state index contributed by atoms with van der Waals surface area (Å²) in [6, 6.07) is 7.34. The van der Waals surface area contributed by atoms with E-state index in [1.165, 1.54) is 0 Å². The van der Waals surface area contributed by atoms with Crippen molar-refractivity contribution in [1.82, 2.24) is 0 Å². The Bertz CT molecular complexity index is 445. The van der Waals surface area contributed by atoms with Crippen LogP contribution in [0.1, 0.15) is 25.3 Å². The van der Waals surface area contributed by atoms with Crippen molar-refractivity contribution in [2.75, 3.05) is 17.3 Å². The Hall–Kier alpha value is -1.49. The maximum Gasteiger partial charge on any atom is 0.303 e. The quantitative estimate of drug-likeness (QED) is 0.773. The van der Waals surface area contributed by atoms with Crippen LogP contribution in [0.2, 0.25) is 0 Å². The molecule has 0 spiro atoms. The van der Waals surface area contributed by atoms with Gasteiger partial charge in [-0.25, -0.2) is 0 Å². The van der Waals surface area contributed by atoms with Gasteiger partial charge in [-0.1, -0.05) is 19.1 Å². The molecule has 0 radical (unpaired) electrons. The summed E-state index contributed by atoms with van der Waals surface area (Å²) in [5, 5.41) is 11.5. The van der Waals surface area contributed by atoms with Gasteiger partial charge in [0.15, 0.2) is 0 Å². The molecular formula is C15H21NO3S. The molecule has 0 bridgehead atoms. The number of carboxylic acid groups (broad SMARTS) is 1. The molecule has 20 heavy (non-hydrogen) atoms. The Morgan fingerprint density at radius 1 is 1.30 bits per heavy atom. The van der Waals surface area contributed by atoms with E-state index < -0.39 is 5.97 Å². The highest BCUT2D eigenvalue weighted by Gasteiger charge is 2.12. The predicted octanol–water partition coefficient (Wildman–Crippen LogP) is 3.03. The number of benzene rings is 1. The van der Waals surface area contributed by atoms with E-state index in [0.29, 0.717) is 6.42 Å². The fourth-order valence-corrected chi connectivity index (χ4v) is 2.29. The van der Waals surface area contributed by atoms with Gasteiger partial charge in [0.05, 0.1) is 0 Å². The lowest BCUT2D eigenvalue weighted by atomic mass is 10.1. The van der Waals surface area contributed by atoms with Gasteiger partial charge in [0, 0.05) is 18.0 Å². The lowest BCUT2D eigenvalue weighted by molar-refractivity contribution is -0.137. The lowest BCUT2D eigenvalue weighted by Gasteiger charge is -2.11. The highest BCUT2D eigenvalue weighted by atomic mass is 32.2. The maximum atomic E-state index is 11.9. The van der Waals surface area contributed by atoms with E-state index in [1.807, 2.05) is 37.4 Å². The zero-order chi connectivity index (χ0) is 15.0. The van der Waals surface area contributed by atoms with Crippen LogP contribution in [0, 0.1) is 5.92 Å². The van der Waals surface area contributed by atoms with Crippen molar-refractivity contribution in [2.45, 2.75) is 26.2 Å². The van der Waals surface area contributed by atoms with Gasteiger partial charge < -0.3 is 10.4 Å². The molecule has 0 fully saturated rings. The van der Waals surface area contributed by atoms with Crippen molar-refractivity contribution in [3.05, 3.63) is 29.8 Å². The Labute approximate surface area is 124 Å². The molecule has 5 heteroatoms. The van der Waals surface area contributed by atoms with Crippen molar-refractivity contribution >= 4 is 29.3 Å². The van der Waals surface area contributed by atoms with Crippen molar-refractivity contribution < 1.29 is 14.7 Å². The molecule has 1 amide bonds. The smallest absolute Gasteiger partial charge is 0.303 e. The van der Waals surface area contributed by atoms with Gasteiger partial charge in [-0.2, -0.15) is 11.8 Å². The van der Waals surface area contributed by atoms with Gasteiger partial charge in [-0.15, -0.1) is 0 Å². The summed E-state index contributed by atoms with van der Waals surface area (Å²) < 4.78 is 0. The number of amides is 1. The van der Waals surface area contributed by atoms with Crippen LogP contribution >= 0.6 is 11.8 Å². The van der Waals surface area contributed by atoms with Crippen LogP contribution < -0.4 is 5.32 Å². The number of aliphatic carboxylic acids is 1. The number of hydrogen-bond acceptors (Lipinski definition) is 3. The summed E-state index contributed by atoms with van der Waals surface area (Å²) in [6.45, 7) is 1.92. The average Bonchev–Trinajstić information content (AvgIpc) is 2.43. The first-order valence-corrected chi connectivity index (χ1v) is 8.03. The molecule has 1 rings (SSSR count). The summed E-state index contributed by atoms with van der Waals surface area (Å²) >= 11 is 1.74. The third kappa shape index (κ3) is 6.10. The summed E-state index contributed by atoms with van der Waals surface area (Å²) in [7, 11) is 0. The van der Waals surface area contributed by atoms with Crippen LogP contribution in [0.3, 0.4) is 0 Å². The fraction of sp³-hybridized carbons (Fsp3) is 0.467. The number of hydrogen-bond donors (Lipinski definition) is 2. The number of anilines is 1. The SMILES string of the molecule is CSCC[C@H](C)C(=O)Nc1ccc(CCC(=O)O)cc1. The molecular weight excluding hydrogens is 274 g/mol. The number of nitrogens with one attached hydrogen (secondary N) is 1. The Morgan fingerprint density at radius 3 is 2.50 bits per heavy atom. The predicted molar refractivity (Wildman–Crippen MR) is 83.2 cm³/mol. The summed E-state index contributed by atoms with van der Waals surface area (Å²) in [5.41, 5.74) is 1.71. The monoisotopic (exact) mass is 295 g/mol. The maximum absolute atomic E-state index is 11.9. The Kier molecular flexibility index (Phi) is 7.15. The van der Waals surface area contributed by atoms with Crippen LogP contribution in [0.4, 0.5) is 5.69 Å². The number of thioether (sulfide) groups is 1. The van der Waals surface area contributed by atoms with Gasteiger partial charge in [-0.3, -0.25) is 9.59 Å². The lowest BCUT2D eigenvalue weighted by Crippen LogP contribution is -2.20. The van der Waals surface area contributed by atoms with Crippen LogP contribution in [0.25, 0.3) is 0 Å². The molecule has 110 valence electrons. The Balaban J connectivity index is 2.48. The molecule has 0 aliphatic heterocycles. The molecule has 4 nitrogen and oxygen atoms in total. The van der Waals surface area contributed by atoms with E-state index in [-0.39, 0.29) is 18.2 Å². The minimum atomic E-state index is -0.801. The van der Waals surface area contributed by atoms with Crippen LogP contribution in [-0.2, 0) is 16.0 Å². The summed E-state index contributed by atoms with van der Waals surface area (Å²) in [4.78, 5) is 22.4. The van der Waals surface area contributed by atoms with Crippen molar-refractivity contribution in [1.29, 1.82) is 0 Å². The topological polar surface area (TPSA) is 66.4 Å². The number of carboxylic acids is 1. The van der Waals surface area contributed by atoms with Gasteiger partial charge in [0.2, 0.25) is 5.91 Å². The number of carbonyl (C=O) groups is 2. The first-order chi connectivity index (χ1) is 9.52. The van der Waals surface area contributed by atoms with Gasteiger partial charge in [-0.05, 0) is 42.5 Å². The van der Waals surface area contributed by atoms with Crippen molar-refractivity contribution in [3.63, 3.8) is 0 Å². The highest BCUT2D eigenvalue weighted by molar-refractivity contribution is 7.98. The summed E-state index contributed by atoms with van der Waals surface area (Å²) in [5.74, 6) is 0.194. The van der Waals surface area contributed by atoms with Crippen LogP contribution in [0.15, 0.2) is 24.3 Å². The van der Waals surface area contributed by atoms with Crippen molar-refractivity contribution in [3.8, 4) is 0 Å². The molecule has 0 saturated carbocycles. The van der Waals surface area contributed by atoms with E-state index in [4.69, 9.17) is 5.11 Å². The number of rotatable bonds is 8. The number of aryl methyl sites for hydroxylation is 1. The van der Waals surface area contributed by atoms with E-state index in [0.717, 1.165) is 23.4 Å². The third-order valence-electron chi connectivity index (χ3n) is 3.05. The van der Waals surface area contributed by atoms with Gasteiger partial charge >= 0.3 is 5.97 Å². The van der Waals surface area contributed by atoms with Gasteiger partial charge in [0.1, 0.15) is 0 Å². The molecule has 0 heterocycles. The second-order valence-corrected chi connectivity index (χ2v) is 5.75. The average molecular weight is 295 g/mol. The standard InChI is InChI=1S/C15H21NO3S/c1-11(9-10-20-2)15(19)16-13-6-3-12(4-7-13)5-8-14(17)18/h3-4,6-7,11H,5,8-10H2,1-2H3,(H,16,19)(H,17,18)/t11-/m0/s1. The molecule has 1 aromatic rings. The zero-order valence-electron chi connectivity index (χ0n) is 11.9. The Morgan fingerprint density at radius 2 is 1.95 bits per heavy atom. The zero-order valence-corrected chi connectivity index (χ0v) is 12.7.